The van der Waals surface area contributed by atoms with Crippen LogP contribution >= 0.6 is 11.8 Å². The zero-order valence-corrected chi connectivity index (χ0v) is 12.3. The molecule has 0 aromatic heterocycles. The highest BCUT2D eigenvalue weighted by Gasteiger charge is 2.15. The number of nitrogen functional groups attached to an aromatic ring is 1. The Bertz CT molecular complexity index is 448. The second-order valence-corrected chi connectivity index (χ2v) is 5.71. The van der Waals surface area contributed by atoms with Gasteiger partial charge in [-0.3, -0.25) is 10.6 Å². The van der Waals surface area contributed by atoms with Gasteiger partial charge in [0.2, 0.25) is 0 Å². The minimum absolute atomic E-state index is 0.0556. The molecule has 1 amide bonds. The summed E-state index contributed by atoms with van der Waals surface area (Å²) in [6.45, 7) is 3.92. The molecule has 1 aromatic rings. The van der Waals surface area contributed by atoms with Gasteiger partial charge in [0.05, 0.1) is 0 Å². The minimum Gasteiger partial charge on any atom is -0.350 e. The van der Waals surface area contributed by atoms with E-state index in [1.54, 1.807) is 11.8 Å². The summed E-state index contributed by atoms with van der Waals surface area (Å²) in [4.78, 5) is 11.9. The maximum Gasteiger partial charge on any atom is 0.251 e. The fourth-order valence-corrected chi connectivity index (χ4v) is 2.43. The van der Waals surface area contributed by atoms with Gasteiger partial charge in [0.1, 0.15) is 5.69 Å². The highest BCUT2D eigenvalue weighted by atomic mass is 32.2. The Hall–Kier alpha value is -1.34. The van der Waals surface area contributed by atoms with Gasteiger partial charge in [0.15, 0.2) is 11.6 Å². The van der Waals surface area contributed by atoms with Crippen LogP contribution in [0, 0.1) is 11.6 Å². The lowest BCUT2D eigenvalue weighted by atomic mass is 10.1. The minimum atomic E-state index is -0.896. The molecule has 0 radical (unpaired) electrons. The van der Waals surface area contributed by atoms with Gasteiger partial charge in [0, 0.05) is 11.6 Å². The monoisotopic (exact) mass is 303 g/mol. The highest BCUT2D eigenvalue weighted by molar-refractivity contribution is 7.99. The van der Waals surface area contributed by atoms with E-state index < -0.39 is 23.2 Å². The molecule has 0 fully saturated rings. The number of benzene rings is 1. The maximum absolute atomic E-state index is 13.5. The van der Waals surface area contributed by atoms with E-state index in [2.05, 4.69) is 12.2 Å². The molecule has 0 heterocycles. The van der Waals surface area contributed by atoms with Crippen LogP contribution in [0.4, 0.5) is 14.5 Å². The summed E-state index contributed by atoms with van der Waals surface area (Å²) in [7, 11) is 0. The van der Waals surface area contributed by atoms with E-state index in [1.165, 1.54) is 0 Å². The molecule has 112 valence electrons. The lowest BCUT2D eigenvalue weighted by molar-refractivity contribution is 0.0938. The van der Waals surface area contributed by atoms with Crippen molar-refractivity contribution in [3.63, 3.8) is 0 Å². The van der Waals surface area contributed by atoms with E-state index in [0.717, 1.165) is 30.1 Å². The van der Waals surface area contributed by atoms with Crippen LogP contribution in [0.2, 0.25) is 0 Å². The van der Waals surface area contributed by atoms with Crippen LogP contribution in [0.1, 0.15) is 30.6 Å². The second-order valence-electron chi connectivity index (χ2n) is 4.32. The number of nitrogens with two attached hydrogens (primary N) is 1. The summed E-state index contributed by atoms with van der Waals surface area (Å²) in [5.41, 5.74) is 1.41. The molecule has 1 aromatic carbocycles. The zero-order chi connectivity index (χ0) is 15.1. The molecular weight excluding hydrogens is 284 g/mol. The summed E-state index contributed by atoms with van der Waals surface area (Å²) < 4.78 is 27.0. The average molecular weight is 303 g/mol. The van der Waals surface area contributed by atoms with E-state index in [1.807, 2.05) is 12.3 Å². The van der Waals surface area contributed by atoms with Crippen LogP contribution in [0.3, 0.4) is 0 Å². The normalized spacial score (nSPS) is 12.1. The fourth-order valence-electron chi connectivity index (χ4n) is 1.63. The van der Waals surface area contributed by atoms with E-state index in [9.17, 15) is 13.6 Å². The Morgan fingerprint density at radius 1 is 1.40 bits per heavy atom. The molecular formula is C13H19F2N3OS. The van der Waals surface area contributed by atoms with Gasteiger partial charge < -0.3 is 10.7 Å². The number of nitrogens with one attached hydrogen (secondary N) is 2. The maximum atomic E-state index is 13.5. The van der Waals surface area contributed by atoms with Crippen molar-refractivity contribution in [2.45, 2.75) is 26.3 Å². The molecule has 4 N–H and O–H groups in total. The van der Waals surface area contributed by atoms with Crippen LogP contribution in [0.5, 0.6) is 0 Å². The number of anilines is 1. The van der Waals surface area contributed by atoms with E-state index in [0.29, 0.717) is 0 Å². The fraction of sp³-hybridized carbons (Fsp3) is 0.462. The quantitative estimate of drug-likeness (QED) is 0.411. The second kappa shape index (κ2) is 8.06. The van der Waals surface area contributed by atoms with Gasteiger partial charge in [-0.2, -0.15) is 11.8 Å². The number of thioether (sulfide) groups is 1. The molecule has 0 spiro atoms. The SMILES string of the molecule is CCSCCC(C)NC(=O)c1cc(F)c(NN)c(F)c1. The number of carbonyl (C=O) groups excluding carboxylic acids is 1. The number of amides is 1. The molecule has 0 saturated carbocycles. The molecule has 1 atom stereocenters. The van der Waals surface area contributed by atoms with Crippen molar-refractivity contribution in [1.82, 2.24) is 5.32 Å². The summed E-state index contributed by atoms with van der Waals surface area (Å²) in [6.07, 6.45) is 0.803. The summed E-state index contributed by atoms with van der Waals surface area (Å²) in [6, 6.07) is 1.86. The van der Waals surface area contributed by atoms with Crippen molar-refractivity contribution in [3.8, 4) is 0 Å². The van der Waals surface area contributed by atoms with E-state index >= 15 is 0 Å². The number of rotatable bonds is 7. The Balaban J connectivity index is 2.68. The topological polar surface area (TPSA) is 67.2 Å². The van der Waals surface area contributed by atoms with Gasteiger partial charge >= 0.3 is 0 Å². The van der Waals surface area contributed by atoms with Crippen molar-refractivity contribution in [2.24, 2.45) is 5.84 Å². The first-order chi connectivity index (χ1) is 9.49. The molecule has 4 nitrogen and oxygen atoms in total. The van der Waals surface area contributed by atoms with Crippen molar-refractivity contribution < 1.29 is 13.6 Å². The Morgan fingerprint density at radius 3 is 2.50 bits per heavy atom. The molecule has 0 saturated heterocycles. The zero-order valence-electron chi connectivity index (χ0n) is 11.5. The van der Waals surface area contributed by atoms with Crippen molar-refractivity contribution >= 4 is 23.4 Å². The largest absolute Gasteiger partial charge is 0.350 e. The average Bonchev–Trinajstić information content (AvgIpc) is 2.38. The number of hydrogen-bond donors (Lipinski definition) is 3. The summed E-state index contributed by atoms with van der Waals surface area (Å²) >= 11 is 1.78. The molecule has 20 heavy (non-hydrogen) atoms. The third-order valence-electron chi connectivity index (χ3n) is 2.73. The van der Waals surface area contributed by atoms with Crippen LogP contribution in [0.25, 0.3) is 0 Å². The van der Waals surface area contributed by atoms with Gasteiger partial charge in [-0.15, -0.1) is 0 Å². The Kier molecular flexibility index (Phi) is 6.74. The predicted molar refractivity (Wildman–Crippen MR) is 78.7 cm³/mol. The van der Waals surface area contributed by atoms with Gasteiger partial charge in [-0.05, 0) is 37.0 Å². The molecule has 0 aliphatic heterocycles. The molecule has 0 aliphatic carbocycles. The summed E-state index contributed by atoms with van der Waals surface area (Å²) in [5.74, 6) is 4.65. The number of carbonyl (C=O) groups is 1. The number of hydrogen-bond acceptors (Lipinski definition) is 4. The molecule has 0 bridgehead atoms. The predicted octanol–water partition coefficient (Wildman–Crippen LogP) is 2.51. The number of halogens is 2. The lowest BCUT2D eigenvalue weighted by Crippen LogP contribution is -2.33. The van der Waals surface area contributed by atoms with Crippen molar-refractivity contribution in [1.29, 1.82) is 0 Å². The van der Waals surface area contributed by atoms with Gasteiger partial charge in [-0.25, -0.2) is 8.78 Å². The smallest absolute Gasteiger partial charge is 0.251 e. The highest BCUT2D eigenvalue weighted by Crippen LogP contribution is 2.19. The van der Waals surface area contributed by atoms with Crippen molar-refractivity contribution in [3.05, 3.63) is 29.3 Å². The van der Waals surface area contributed by atoms with Crippen LogP contribution < -0.4 is 16.6 Å². The molecule has 7 heteroatoms. The summed E-state index contributed by atoms with van der Waals surface area (Å²) in [5, 5.41) is 2.71. The standard InChI is InChI=1S/C13H19F2N3OS/c1-3-20-5-4-8(2)17-13(19)9-6-10(14)12(18-16)11(15)7-9/h6-8,18H,3-5,16H2,1-2H3,(H,17,19). The third kappa shape index (κ3) is 4.64. The van der Waals surface area contributed by atoms with Crippen molar-refractivity contribution in [2.75, 3.05) is 16.9 Å². The van der Waals surface area contributed by atoms with E-state index in [4.69, 9.17) is 5.84 Å². The van der Waals surface area contributed by atoms with Gasteiger partial charge in [-0.1, -0.05) is 6.92 Å². The van der Waals surface area contributed by atoms with Gasteiger partial charge in [0.25, 0.3) is 5.91 Å². The first-order valence-corrected chi connectivity index (χ1v) is 7.49. The third-order valence-corrected chi connectivity index (χ3v) is 3.66. The first kappa shape index (κ1) is 16.7. The van der Waals surface area contributed by atoms with E-state index in [-0.39, 0.29) is 11.6 Å². The number of hydrazine groups is 1. The Labute approximate surface area is 121 Å². The van der Waals surface area contributed by atoms with Crippen LogP contribution in [-0.4, -0.2) is 23.5 Å². The first-order valence-electron chi connectivity index (χ1n) is 6.33. The van der Waals surface area contributed by atoms with Crippen LogP contribution in [-0.2, 0) is 0 Å². The lowest BCUT2D eigenvalue weighted by Gasteiger charge is -2.14. The Morgan fingerprint density at radius 2 is 2.00 bits per heavy atom. The molecule has 0 aliphatic rings. The molecule has 1 unspecified atom stereocenters. The van der Waals surface area contributed by atoms with Crippen LogP contribution in [0.15, 0.2) is 12.1 Å². The molecule has 1 rings (SSSR count).